The van der Waals surface area contributed by atoms with Gasteiger partial charge in [-0.2, -0.15) is 0 Å². The lowest BCUT2D eigenvalue weighted by Crippen LogP contribution is -2.54. The minimum Gasteiger partial charge on any atom is -0.352 e. The van der Waals surface area contributed by atoms with E-state index >= 15 is 0 Å². The maximum atomic E-state index is 12.5. The number of nitrogens with zero attached hydrogens (tertiary/aromatic N) is 3. The van der Waals surface area contributed by atoms with Gasteiger partial charge in [0.25, 0.3) is 5.91 Å². The van der Waals surface area contributed by atoms with Crippen molar-refractivity contribution in [3.05, 3.63) is 35.9 Å². The zero-order valence-electron chi connectivity index (χ0n) is 15.7. The molecule has 27 heavy (non-hydrogen) atoms. The first-order valence-electron chi connectivity index (χ1n) is 9.80. The number of piperazine rings is 1. The van der Waals surface area contributed by atoms with Crippen LogP contribution in [0.5, 0.6) is 0 Å². The van der Waals surface area contributed by atoms with Gasteiger partial charge < -0.3 is 20.0 Å². The summed E-state index contributed by atoms with van der Waals surface area (Å²) < 4.78 is 0. The molecule has 0 unspecified atom stereocenters. The van der Waals surface area contributed by atoms with E-state index in [2.05, 4.69) is 5.32 Å². The molecule has 0 atom stereocenters. The van der Waals surface area contributed by atoms with Gasteiger partial charge in [-0.1, -0.05) is 18.2 Å². The average Bonchev–Trinajstić information content (AvgIpc) is 2.74. The van der Waals surface area contributed by atoms with E-state index in [1.165, 1.54) is 6.42 Å². The Hall–Kier alpha value is -2.57. The summed E-state index contributed by atoms with van der Waals surface area (Å²) in [4.78, 5) is 42.4. The van der Waals surface area contributed by atoms with Gasteiger partial charge in [-0.25, -0.2) is 4.79 Å². The molecule has 3 rings (SSSR count). The number of amides is 4. The number of urea groups is 1. The highest BCUT2D eigenvalue weighted by Gasteiger charge is 2.27. The van der Waals surface area contributed by atoms with Crippen LogP contribution >= 0.6 is 0 Å². The van der Waals surface area contributed by atoms with Crippen LogP contribution in [0.1, 0.15) is 36.0 Å². The second kappa shape index (κ2) is 9.39. The average molecular weight is 372 g/mol. The summed E-state index contributed by atoms with van der Waals surface area (Å²) in [5.74, 6) is -0.145. The highest BCUT2D eigenvalue weighted by Crippen LogP contribution is 2.13. The Bertz CT molecular complexity index is 650. The summed E-state index contributed by atoms with van der Waals surface area (Å²) in [5, 5.41) is 2.78. The fraction of sp³-hybridized carbons (Fsp3) is 0.550. The third-order valence-corrected chi connectivity index (χ3v) is 5.19. The molecule has 2 fully saturated rings. The van der Waals surface area contributed by atoms with Gasteiger partial charge in [-0.15, -0.1) is 0 Å². The molecule has 1 N–H and O–H groups in total. The van der Waals surface area contributed by atoms with Crippen LogP contribution in [-0.4, -0.2) is 78.4 Å². The minimum absolute atomic E-state index is 0.0217. The molecule has 0 saturated carbocycles. The van der Waals surface area contributed by atoms with Crippen molar-refractivity contribution in [2.24, 2.45) is 0 Å². The van der Waals surface area contributed by atoms with Gasteiger partial charge in [0, 0.05) is 57.8 Å². The smallest absolute Gasteiger partial charge is 0.320 e. The second-order valence-electron chi connectivity index (χ2n) is 7.07. The van der Waals surface area contributed by atoms with Crippen molar-refractivity contribution in [1.29, 1.82) is 0 Å². The van der Waals surface area contributed by atoms with Crippen LogP contribution in [0.4, 0.5) is 4.79 Å². The maximum Gasteiger partial charge on any atom is 0.320 e. The highest BCUT2D eigenvalue weighted by atomic mass is 16.2. The molecule has 1 aromatic rings. The van der Waals surface area contributed by atoms with Gasteiger partial charge >= 0.3 is 6.03 Å². The summed E-state index contributed by atoms with van der Waals surface area (Å²) >= 11 is 0. The van der Waals surface area contributed by atoms with Crippen LogP contribution in [0.15, 0.2) is 30.3 Å². The number of benzene rings is 1. The van der Waals surface area contributed by atoms with Crippen molar-refractivity contribution in [2.75, 3.05) is 45.8 Å². The predicted octanol–water partition coefficient (Wildman–Crippen LogP) is 1.56. The van der Waals surface area contributed by atoms with E-state index in [4.69, 9.17) is 0 Å². The van der Waals surface area contributed by atoms with Crippen molar-refractivity contribution in [3.8, 4) is 0 Å². The summed E-state index contributed by atoms with van der Waals surface area (Å²) in [6, 6.07) is 9.08. The Morgan fingerprint density at radius 2 is 1.37 bits per heavy atom. The maximum absolute atomic E-state index is 12.5. The molecule has 0 bridgehead atoms. The largest absolute Gasteiger partial charge is 0.352 e. The highest BCUT2D eigenvalue weighted by molar-refractivity contribution is 5.94. The third kappa shape index (κ3) is 5.21. The summed E-state index contributed by atoms with van der Waals surface area (Å²) in [5.41, 5.74) is 0.592. The van der Waals surface area contributed by atoms with Crippen LogP contribution in [0.3, 0.4) is 0 Å². The molecule has 7 nitrogen and oxygen atoms in total. The Morgan fingerprint density at radius 1 is 0.778 bits per heavy atom. The number of hydrogen-bond acceptors (Lipinski definition) is 3. The molecule has 1 aromatic carbocycles. The van der Waals surface area contributed by atoms with Gasteiger partial charge in [-0.3, -0.25) is 9.59 Å². The van der Waals surface area contributed by atoms with E-state index in [0.29, 0.717) is 38.3 Å². The molecule has 2 saturated heterocycles. The van der Waals surface area contributed by atoms with Gasteiger partial charge in [0.1, 0.15) is 0 Å². The zero-order valence-corrected chi connectivity index (χ0v) is 15.7. The van der Waals surface area contributed by atoms with E-state index < -0.39 is 0 Å². The first-order valence-corrected chi connectivity index (χ1v) is 9.80. The fourth-order valence-electron chi connectivity index (χ4n) is 3.56. The summed E-state index contributed by atoms with van der Waals surface area (Å²) in [6.45, 7) is 4.29. The molecule has 7 heteroatoms. The van der Waals surface area contributed by atoms with Gasteiger partial charge in [0.2, 0.25) is 5.91 Å². The van der Waals surface area contributed by atoms with E-state index in [1.807, 2.05) is 28.0 Å². The lowest BCUT2D eigenvalue weighted by atomic mass is 10.1. The molecular weight excluding hydrogens is 344 g/mol. The van der Waals surface area contributed by atoms with Crippen molar-refractivity contribution >= 4 is 17.8 Å². The molecule has 0 radical (unpaired) electrons. The van der Waals surface area contributed by atoms with Crippen molar-refractivity contribution in [3.63, 3.8) is 0 Å². The molecule has 146 valence electrons. The van der Waals surface area contributed by atoms with Crippen molar-refractivity contribution in [1.82, 2.24) is 20.0 Å². The lowest BCUT2D eigenvalue weighted by Gasteiger charge is -2.38. The third-order valence-electron chi connectivity index (χ3n) is 5.19. The van der Waals surface area contributed by atoms with Crippen molar-refractivity contribution in [2.45, 2.75) is 25.7 Å². The first-order chi connectivity index (χ1) is 13.1. The van der Waals surface area contributed by atoms with Crippen molar-refractivity contribution < 1.29 is 14.4 Å². The Balaban J connectivity index is 1.37. The molecule has 4 amide bonds. The number of likely N-dealkylation sites (tertiary alicyclic amines) is 1. The van der Waals surface area contributed by atoms with E-state index in [-0.39, 0.29) is 24.3 Å². The topological polar surface area (TPSA) is 73.0 Å². The normalized spacial score (nSPS) is 17.6. The van der Waals surface area contributed by atoms with Gasteiger partial charge in [0.15, 0.2) is 0 Å². The summed E-state index contributed by atoms with van der Waals surface area (Å²) in [6.07, 6.45) is 3.64. The molecule has 2 heterocycles. The van der Waals surface area contributed by atoms with Gasteiger partial charge in [-0.05, 0) is 31.4 Å². The quantitative estimate of drug-likeness (QED) is 0.872. The standard InChI is InChI=1S/C20H28N4O3/c25-18(9-10-21-19(26)17-7-3-1-4-8-17)22-13-15-24(16-14-22)20(27)23-11-5-2-6-12-23/h1,3-4,7-8H,2,5-6,9-16H2,(H,21,26). The van der Waals surface area contributed by atoms with Crippen LogP contribution in [0.2, 0.25) is 0 Å². The molecule has 0 spiro atoms. The number of piperidine rings is 1. The Morgan fingerprint density at radius 3 is 2.04 bits per heavy atom. The summed E-state index contributed by atoms with van der Waals surface area (Å²) in [7, 11) is 0. The number of carbonyl (C=O) groups excluding carboxylic acids is 3. The zero-order chi connectivity index (χ0) is 19.1. The molecule has 0 aliphatic carbocycles. The van der Waals surface area contributed by atoms with Crippen LogP contribution in [-0.2, 0) is 4.79 Å². The van der Waals surface area contributed by atoms with E-state index in [9.17, 15) is 14.4 Å². The second-order valence-corrected chi connectivity index (χ2v) is 7.07. The fourth-order valence-corrected chi connectivity index (χ4v) is 3.56. The minimum atomic E-state index is -0.166. The van der Waals surface area contributed by atoms with Crippen LogP contribution < -0.4 is 5.32 Å². The number of carbonyl (C=O) groups is 3. The Kier molecular flexibility index (Phi) is 6.68. The SMILES string of the molecule is O=C(NCCC(=O)N1CCN(C(=O)N2CCCCC2)CC1)c1ccccc1. The van der Waals surface area contributed by atoms with Gasteiger partial charge in [0.05, 0.1) is 0 Å². The lowest BCUT2D eigenvalue weighted by molar-refractivity contribution is -0.132. The molecule has 2 aliphatic rings. The number of hydrogen-bond donors (Lipinski definition) is 1. The molecule has 0 aromatic heterocycles. The first kappa shape index (κ1) is 19.2. The van der Waals surface area contributed by atoms with Crippen LogP contribution in [0.25, 0.3) is 0 Å². The molecule has 2 aliphatic heterocycles. The van der Waals surface area contributed by atoms with E-state index in [1.54, 1.807) is 17.0 Å². The number of rotatable bonds is 4. The number of nitrogens with one attached hydrogen (secondary N) is 1. The predicted molar refractivity (Wildman–Crippen MR) is 102 cm³/mol. The molecular formula is C20H28N4O3. The van der Waals surface area contributed by atoms with E-state index in [0.717, 1.165) is 25.9 Å². The van der Waals surface area contributed by atoms with Crippen LogP contribution in [0, 0.1) is 0 Å². The monoisotopic (exact) mass is 372 g/mol. The Labute approximate surface area is 160 Å².